The van der Waals surface area contributed by atoms with Crippen LogP contribution < -0.4 is 4.74 Å². The predicted octanol–water partition coefficient (Wildman–Crippen LogP) is 5.47. The van der Waals surface area contributed by atoms with Crippen molar-refractivity contribution in [1.29, 1.82) is 0 Å². The van der Waals surface area contributed by atoms with E-state index in [9.17, 15) is 4.79 Å². The summed E-state index contributed by atoms with van der Waals surface area (Å²) in [6.45, 7) is 4.48. The lowest BCUT2D eigenvalue weighted by atomic mass is 9.97. The lowest BCUT2D eigenvalue weighted by molar-refractivity contribution is 0.0604. The summed E-state index contributed by atoms with van der Waals surface area (Å²) in [4.78, 5) is 24.1. The fourth-order valence-electron chi connectivity index (χ4n) is 3.82. The Kier molecular flexibility index (Phi) is 6.45. The molecule has 1 aromatic heterocycles. The smallest absolute Gasteiger partial charge is 0.316 e. The number of carbonyl (C=O) groups is 1. The number of fused-ring (bicyclic) bond motifs is 1. The van der Waals surface area contributed by atoms with E-state index < -0.39 is 0 Å². The van der Waals surface area contributed by atoms with Crippen LogP contribution in [0, 0.1) is 5.92 Å². The summed E-state index contributed by atoms with van der Waals surface area (Å²) in [6, 6.07) is 25.7. The van der Waals surface area contributed by atoms with Crippen molar-refractivity contribution in [2.24, 2.45) is 5.92 Å². The summed E-state index contributed by atoms with van der Waals surface area (Å²) >= 11 is 0. The molecule has 1 amide bonds. The molecule has 0 spiro atoms. The normalized spacial score (nSPS) is 12.0. The van der Waals surface area contributed by atoms with Gasteiger partial charge in [0, 0.05) is 24.2 Å². The molecule has 0 aliphatic heterocycles. The third kappa shape index (κ3) is 4.62. The highest BCUT2D eigenvalue weighted by molar-refractivity contribution is 6.01. The molecule has 0 unspecified atom stereocenters. The summed E-state index contributed by atoms with van der Waals surface area (Å²) in [6.07, 6.45) is 1.76. The maximum atomic E-state index is 13.5. The number of para-hydroxylation sites is 1. The first-order chi connectivity index (χ1) is 15.5. The minimum absolute atomic E-state index is 0.0359. The number of ether oxygens (including phenoxy) is 1. The number of hydrogen-bond acceptors (Lipinski definition) is 4. The van der Waals surface area contributed by atoms with Crippen LogP contribution in [0.5, 0.6) is 6.01 Å². The van der Waals surface area contributed by atoms with Gasteiger partial charge in [0.15, 0.2) is 0 Å². The maximum absolute atomic E-state index is 13.5. The number of carbonyl (C=O) groups excluding carboxylic acids is 1. The molecule has 5 heteroatoms. The molecular weight excluding hydrogens is 398 g/mol. The third-order valence-electron chi connectivity index (χ3n) is 5.68. The van der Waals surface area contributed by atoms with Gasteiger partial charge in [0.25, 0.3) is 5.91 Å². The second-order valence-electron chi connectivity index (χ2n) is 8.16. The van der Waals surface area contributed by atoms with Gasteiger partial charge < -0.3 is 9.64 Å². The van der Waals surface area contributed by atoms with E-state index in [4.69, 9.17) is 4.74 Å². The summed E-state index contributed by atoms with van der Waals surface area (Å²) in [5.41, 5.74) is 3.45. The van der Waals surface area contributed by atoms with Gasteiger partial charge in [-0.25, -0.2) is 4.98 Å². The van der Waals surface area contributed by atoms with Crippen molar-refractivity contribution in [3.05, 3.63) is 90.6 Å². The van der Waals surface area contributed by atoms with Gasteiger partial charge in [-0.2, -0.15) is 4.98 Å². The highest BCUT2D eigenvalue weighted by Crippen LogP contribution is 2.26. The minimum Gasteiger partial charge on any atom is -0.461 e. The molecule has 3 aromatic carbocycles. The Balaban J connectivity index is 1.54. The second kappa shape index (κ2) is 9.60. The monoisotopic (exact) mass is 425 g/mol. The fourth-order valence-corrected chi connectivity index (χ4v) is 3.82. The highest BCUT2D eigenvalue weighted by Gasteiger charge is 2.26. The van der Waals surface area contributed by atoms with Crippen molar-refractivity contribution in [3.63, 3.8) is 0 Å². The van der Waals surface area contributed by atoms with Crippen LogP contribution in [-0.4, -0.2) is 40.5 Å². The van der Waals surface area contributed by atoms with E-state index in [2.05, 4.69) is 23.8 Å². The Bertz CT molecular complexity index is 1210. The van der Waals surface area contributed by atoms with Crippen molar-refractivity contribution < 1.29 is 9.53 Å². The number of hydrogen-bond donors (Lipinski definition) is 0. The highest BCUT2D eigenvalue weighted by atomic mass is 16.5. The van der Waals surface area contributed by atoms with Crippen LogP contribution in [0.2, 0.25) is 0 Å². The number of nitrogens with zero attached hydrogens (tertiary/aromatic N) is 3. The Morgan fingerprint density at radius 3 is 2.41 bits per heavy atom. The van der Waals surface area contributed by atoms with E-state index in [0.717, 1.165) is 22.0 Å². The van der Waals surface area contributed by atoms with Gasteiger partial charge in [0.1, 0.15) is 6.61 Å². The van der Waals surface area contributed by atoms with Gasteiger partial charge in [-0.05, 0) is 29.2 Å². The van der Waals surface area contributed by atoms with Crippen molar-refractivity contribution in [3.8, 4) is 17.1 Å². The molecule has 1 heterocycles. The Morgan fingerprint density at radius 2 is 1.62 bits per heavy atom. The molecule has 0 N–H and O–H groups in total. The third-order valence-corrected chi connectivity index (χ3v) is 5.68. The fraction of sp³-hybridized carbons (Fsp3) is 0.222. The first kappa shape index (κ1) is 21.5. The van der Waals surface area contributed by atoms with E-state index >= 15 is 0 Å². The van der Waals surface area contributed by atoms with Crippen LogP contribution in [0.1, 0.15) is 24.2 Å². The Labute approximate surface area is 188 Å². The molecule has 0 bridgehead atoms. The van der Waals surface area contributed by atoms with Crippen LogP contribution in [-0.2, 0) is 0 Å². The molecule has 4 rings (SSSR count). The van der Waals surface area contributed by atoms with Crippen molar-refractivity contribution in [1.82, 2.24) is 14.9 Å². The molecule has 0 saturated heterocycles. The van der Waals surface area contributed by atoms with E-state index in [1.165, 1.54) is 0 Å². The van der Waals surface area contributed by atoms with E-state index in [1.807, 2.05) is 85.9 Å². The summed E-state index contributed by atoms with van der Waals surface area (Å²) in [5, 5.41) is 0.963. The van der Waals surface area contributed by atoms with Gasteiger partial charge >= 0.3 is 6.01 Å². The Morgan fingerprint density at radius 1 is 0.938 bits per heavy atom. The lowest BCUT2D eigenvalue weighted by Gasteiger charge is -2.31. The van der Waals surface area contributed by atoms with Gasteiger partial charge in [-0.15, -0.1) is 0 Å². The van der Waals surface area contributed by atoms with Crippen LogP contribution in [0.15, 0.2) is 85.1 Å². The largest absolute Gasteiger partial charge is 0.461 e. The number of benzene rings is 3. The summed E-state index contributed by atoms with van der Waals surface area (Å²) < 4.78 is 5.94. The molecule has 0 radical (unpaired) electrons. The molecule has 0 saturated carbocycles. The first-order valence-electron chi connectivity index (χ1n) is 10.8. The second-order valence-corrected chi connectivity index (χ2v) is 8.16. The number of aromatic nitrogens is 2. The van der Waals surface area contributed by atoms with Crippen LogP contribution in [0.3, 0.4) is 0 Å². The quantitative estimate of drug-likeness (QED) is 0.394. The minimum atomic E-state index is -0.138. The maximum Gasteiger partial charge on any atom is 0.316 e. The SMILES string of the molecule is CC(C)[C@@H](COc1ncc2ccccc2n1)N(C)C(=O)c1ccccc1-c1ccccc1. The zero-order chi connectivity index (χ0) is 22.5. The molecule has 5 nitrogen and oxygen atoms in total. The molecule has 0 aliphatic carbocycles. The number of amides is 1. The molecular formula is C27H27N3O2. The number of likely N-dealkylation sites (N-methyl/N-ethyl adjacent to an activating group) is 1. The molecule has 0 fully saturated rings. The molecule has 162 valence electrons. The summed E-state index contributed by atoms with van der Waals surface area (Å²) in [7, 11) is 1.83. The zero-order valence-corrected chi connectivity index (χ0v) is 18.6. The Hall–Kier alpha value is -3.73. The van der Waals surface area contributed by atoms with Crippen LogP contribution in [0.25, 0.3) is 22.0 Å². The van der Waals surface area contributed by atoms with Crippen molar-refractivity contribution >= 4 is 16.8 Å². The zero-order valence-electron chi connectivity index (χ0n) is 18.6. The average molecular weight is 426 g/mol. The van der Waals surface area contributed by atoms with Gasteiger partial charge in [0.2, 0.25) is 0 Å². The molecule has 4 aromatic rings. The molecule has 1 atom stereocenters. The van der Waals surface area contributed by atoms with E-state index in [1.54, 1.807) is 11.1 Å². The standard InChI is InChI=1S/C27H27N3O2/c1-19(2)25(18-32-27-28-17-21-13-7-10-16-24(21)29-27)30(3)26(31)23-15-9-8-14-22(23)20-11-5-4-6-12-20/h4-17,19,25H,18H2,1-3H3/t25-/m1/s1. The number of rotatable bonds is 7. The lowest BCUT2D eigenvalue weighted by Crippen LogP contribution is -2.44. The summed E-state index contributed by atoms with van der Waals surface area (Å²) in [5.74, 6) is 0.152. The van der Waals surface area contributed by atoms with E-state index in [0.29, 0.717) is 18.2 Å². The van der Waals surface area contributed by atoms with Gasteiger partial charge in [-0.3, -0.25) is 4.79 Å². The van der Waals surface area contributed by atoms with Crippen LogP contribution >= 0.6 is 0 Å². The van der Waals surface area contributed by atoms with Crippen molar-refractivity contribution in [2.45, 2.75) is 19.9 Å². The first-order valence-corrected chi connectivity index (χ1v) is 10.8. The molecule has 0 aliphatic rings. The van der Waals surface area contributed by atoms with E-state index in [-0.39, 0.29) is 17.9 Å². The average Bonchev–Trinajstić information content (AvgIpc) is 2.84. The van der Waals surface area contributed by atoms with Gasteiger partial charge in [-0.1, -0.05) is 80.6 Å². The molecule has 32 heavy (non-hydrogen) atoms. The van der Waals surface area contributed by atoms with Crippen LogP contribution in [0.4, 0.5) is 0 Å². The predicted molar refractivity (Wildman–Crippen MR) is 128 cm³/mol. The van der Waals surface area contributed by atoms with Crippen molar-refractivity contribution in [2.75, 3.05) is 13.7 Å². The topological polar surface area (TPSA) is 55.3 Å². The van der Waals surface area contributed by atoms with Gasteiger partial charge in [0.05, 0.1) is 11.6 Å².